The van der Waals surface area contributed by atoms with Crippen LogP contribution >= 0.6 is 0 Å². The van der Waals surface area contributed by atoms with Crippen LogP contribution in [0.25, 0.3) is 11.0 Å². The maximum absolute atomic E-state index is 10.5. The molecule has 0 saturated heterocycles. The van der Waals surface area contributed by atoms with Gasteiger partial charge in [-0.15, -0.1) is 0 Å². The molecule has 1 saturated carbocycles. The van der Waals surface area contributed by atoms with Gasteiger partial charge in [0.15, 0.2) is 0 Å². The molecule has 0 aliphatic heterocycles. The summed E-state index contributed by atoms with van der Waals surface area (Å²) < 4.78 is 0. The van der Waals surface area contributed by atoms with Crippen molar-refractivity contribution in [3.8, 4) is 0 Å². The van der Waals surface area contributed by atoms with E-state index in [2.05, 4.69) is 16.9 Å². The minimum atomic E-state index is -0.362. The molecule has 3 heteroatoms. The zero-order valence-electron chi connectivity index (χ0n) is 11.3. The number of aromatic nitrogens is 2. The number of hydrogen-bond donors (Lipinski definition) is 1. The van der Waals surface area contributed by atoms with Crippen LogP contribution < -0.4 is 0 Å². The molecule has 0 radical (unpaired) electrons. The lowest BCUT2D eigenvalue weighted by atomic mass is 9.78. The fraction of sp³-hybridized carbons (Fsp3) is 0.500. The molecule has 2 aromatic rings. The van der Waals surface area contributed by atoms with Gasteiger partial charge in [0.05, 0.1) is 17.1 Å². The van der Waals surface area contributed by atoms with Gasteiger partial charge in [-0.1, -0.05) is 25.8 Å². The fourth-order valence-electron chi connectivity index (χ4n) is 3.04. The summed E-state index contributed by atoms with van der Waals surface area (Å²) in [6, 6.07) is 5.91. The van der Waals surface area contributed by atoms with Crippen molar-refractivity contribution in [3.05, 3.63) is 36.2 Å². The van der Waals surface area contributed by atoms with Gasteiger partial charge in [-0.3, -0.25) is 9.97 Å². The van der Waals surface area contributed by atoms with Gasteiger partial charge in [0, 0.05) is 12.4 Å². The molecule has 1 heterocycles. The highest BCUT2D eigenvalue weighted by atomic mass is 16.3. The largest absolute Gasteiger partial charge is 0.388 e. The van der Waals surface area contributed by atoms with Crippen LogP contribution in [0.1, 0.15) is 44.3 Å². The van der Waals surface area contributed by atoms with Gasteiger partial charge in [-0.05, 0) is 42.4 Å². The Bertz CT molecular complexity index is 561. The first kappa shape index (κ1) is 12.5. The smallest absolute Gasteiger partial charge is 0.0890 e. The predicted molar refractivity (Wildman–Crippen MR) is 75.6 cm³/mol. The Morgan fingerprint density at radius 2 is 1.74 bits per heavy atom. The van der Waals surface area contributed by atoms with Crippen LogP contribution in [0, 0.1) is 11.8 Å². The van der Waals surface area contributed by atoms with E-state index in [1.165, 1.54) is 12.8 Å². The molecular weight excluding hydrogens is 236 g/mol. The molecule has 1 aromatic carbocycles. The molecule has 0 spiro atoms. The van der Waals surface area contributed by atoms with Crippen molar-refractivity contribution in [2.45, 2.75) is 38.7 Å². The van der Waals surface area contributed by atoms with E-state index in [0.717, 1.165) is 35.4 Å². The maximum atomic E-state index is 10.5. The van der Waals surface area contributed by atoms with Crippen LogP contribution in [-0.2, 0) is 0 Å². The first-order valence-electron chi connectivity index (χ1n) is 7.13. The van der Waals surface area contributed by atoms with E-state index >= 15 is 0 Å². The summed E-state index contributed by atoms with van der Waals surface area (Å²) in [4.78, 5) is 8.57. The number of fused-ring (bicyclic) bond motifs is 1. The van der Waals surface area contributed by atoms with Crippen LogP contribution in [0.15, 0.2) is 30.6 Å². The number of rotatable bonds is 2. The zero-order chi connectivity index (χ0) is 13.2. The average molecular weight is 256 g/mol. The van der Waals surface area contributed by atoms with Crippen molar-refractivity contribution in [2.75, 3.05) is 0 Å². The van der Waals surface area contributed by atoms with Crippen LogP contribution in [0.4, 0.5) is 0 Å². The monoisotopic (exact) mass is 256 g/mol. The molecule has 1 atom stereocenters. The fourth-order valence-corrected chi connectivity index (χ4v) is 3.04. The third-order valence-corrected chi connectivity index (χ3v) is 4.34. The highest BCUT2D eigenvalue weighted by Crippen LogP contribution is 2.36. The van der Waals surface area contributed by atoms with Gasteiger partial charge in [0.25, 0.3) is 0 Å². The normalized spacial score (nSPS) is 25.4. The van der Waals surface area contributed by atoms with E-state index < -0.39 is 0 Å². The molecule has 0 bridgehead atoms. The minimum absolute atomic E-state index is 0.362. The van der Waals surface area contributed by atoms with Crippen LogP contribution in [-0.4, -0.2) is 15.1 Å². The average Bonchev–Trinajstić information content (AvgIpc) is 2.47. The Morgan fingerprint density at radius 3 is 2.47 bits per heavy atom. The van der Waals surface area contributed by atoms with Crippen molar-refractivity contribution in [2.24, 2.45) is 11.8 Å². The first-order valence-corrected chi connectivity index (χ1v) is 7.13. The molecule has 1 N–H and O–H groups in total. The van der Waals surface area contributed by atoms with Gasteiger partial charge in [-0.2, -0.15) is 0 Å². The third-order valence-electron chi connectivity index (χ3n) is 4.34. The number of aliphatic hydroxyl groups is 1. The standard InChI is InChI=1S/C16H20N2O/c1-11-2-4-12(5-3-11)16(19)13-6-7-14-15(10-13)18-9-8-17-14/h6-12,16,19H,2-5H2,1H3. The van der Waals surface area contributed by atoms with Crippen LogP contribution in [0.2, 0.25) is 0 Å². The zero-order valence-corrected chi connectivity index (χ0v) is 11.3. The molecule has 3 nitrogen and oxygen atoms in total. The SMILES string of the molecule is CC1CCC(C(O)c2ccc3nccnc3c2)CC1. The Kier molecular flexibility index (Phi) is 3.47. The second-order valence-corrected chi connectivity index (χ2v) is 5.77. The van der Waals surface area contributed by atoms with E-state index in [9.17, 15) is 5.11 Å². The van der Waals surface area contributed by atoms with Crippen molar-refractivity contribution < 1.29 is 5.11 Å². The topological polar surface area (TPSA) is 46.0 Å². The van der Waals surface area contributed by atoms with Crippen LogP contribution in [0.3, 0.4) is 0 Å². The lowest BCUT2D eigenvalue weighted by molar-refractivity contribution is 0.0756. The van der Waals surface area contributed by atoms with Crippen molar-refractivity contribution in [1.29, 1.82) is 0 Å². The van der Waals surface area contributed by atoms with Gasteiger partial charge < -0.3 is 5.11 Å². The summed E-state index contributed by atoms with van der Waals surface area (Å²) in [6.45, 7) is 2.30. The lowest BCUT2D eigenvalue weighted by Gasteiger charge is -2.30. The Hall–Kier alpha value is -1.48. The lowest BCUT2D eigenvalue weighted by Crippen LogP contribution is -2.19. The van der Waals surface area contributed by atoms with Crippen molar-refractivity contribution >= 4 is 11.0 Å². The van der Waals surface area contributed by atoms with E-state index in [-0.39, 0.29) is 6.10 Å². The molecule has 1 unspecified atom stereocenters. The van der Waals surface area contributed by atoms with E-state index in [1.54, 1.807) is 12.4 Å². The summed E-state index contributed by atoms with van der Waals surface area (Å²) in [6.07, 6.45) is 7.74. The van der Waals surface area contributed by atoms with Crippen molar-refractivity contribution in [1.82, 2.24) is 9.97 Å². The third kappa shape index (κ3) is 2.61. The number of nitrogens with zero attached hydrogens (tertiary/aromatic N) is 2. The van der Waals surface area contributed by atoms with Crippen LogP contribution in [0.5, 0.6) is 0 Å². The summed E-state index contributed by atoms with van der Waals surface area (Å²) in [5, 5.41) is 10.5. The molecule has 0 amide bonds. The van der Waals surface area contributed by atoms with E-state index in [1.807, 2.05) is 18.2 Å². The summed E-state index contributed by atoms with van der Waals surface area (Å²) in [5.41, 5.74) is 2.73. The predicted octanol–water partition coefficient (Wildman–Crippen LogP) is 3.49. The molecule has 1 aliphatic carbocycles. The molecule has 19 heavy (non-hydrogen) atoms. The Labute approximate surface area is 113 Å². The van der Waals surface area contributed by atoms with E-state index in [0.29, 0.717) is 5.92 Å². The highest BCUT2D eigenvalue weighted by molar-refractivity contribution is 5.74. The van der Waals surface area contributed by atoms with Gasteiger partial charge >= 0.3 is 0 Å². The Balaban J connectivity index is 1.83. The molecule has 1 fully saturated rings. The van der Waals surface area contributed by atoms with Gasteiger partial charge in [-0.25, -0.2) is 0 Å². The number of benzene rings is 1. The first-order chi connectivity index (χ1) is 9.24. The summed E-state index contributed by atoms with van der Waals surface area (Å²) >= 11 is 0. The summed E-state index contributed by atoms with van der Waals surface area (Å²) in [5.74, 6) is 1.20. The highest BCUT2D eigenvalue weighted by Gasteiger charge is 2.25. The second kappa shape index (κ2) is 5.25. The Morgan fingerprint density at radius 1 is 1.05 bits per heavy atom. The maximum Gasteiger partial charge on any atom is 0.0890 e. The molecule has 1 aromatic heterocycles. The molecule has 100 valence electrons. The molecule has 3 rings (SSSR count). The van der Waals surface area contributed by atoms with Gasteiger partial charge in [0.1, 0.15) is 0 Å². The second-order valence-electron chi connectivity index (χ2n) is 5.77. The molecular formula is C16H20N2O. The van der Waals surface area contributed by atoms with Gasteiger partial charge in [0.2, 0.25) is 0 Å². The number of aliphatic hydroxyl groups excluding tert-OH is 1. The quantitative estimate of drug-likeness (QED) is 0.894. The van der Waals surface area contributed by atoms with Crippen molar-refractivity contribution in [3.63, 3.8) is 0 Å². The summed E-state index contributed by atoms with van der Waals surface area (Å²) in [7, 11) is 0. The number of hydrogen-bond acceptors (Lipinski definition) is 3. The molecule has 1 aliphatic rings. The van der Waals surface area contributed by atoms with E-state index in [4.69, 9.17) is 0 Å². The minimum Gasteiger partial charge on any atom is -0.388 e.